The van der Waals surface area contributed by atoms with E-state index >= 15 is 0 Å². The Labute approximate surface area is 127 Å². The van der Waals surface area contributed by atoms with Crippen LogP contribution in [0.3, 0.4) is 0 Å². The fourth-order valence-electron chi connectivity index (χ4n) is 1.99. The maximum absolute atomic E-state index is 6.38. The quantitative estimate of drug-likeness (QED) is 0.784. The molecule has 19 heavy (non-hydrogen) atoms. The van der Waals surface area contributed by atoms with Crippen molar-refractivity contribution in [2.24, 2.45) is 0 Å². The molecular weight excluding hydrogens is 326 g/mol. The molecule has 0 radical (unpaired) electrons. The van der Waals surface area contributed by atoms with E-state index in [1.807, 2.05) is 18.2 Å². The summed E-state index contributed by atoms with van der Waals surface area (Å²) in [4.78, 5) is 0. The van der Waals surface area contributed by atoms with Crippen LogP contribution in [-0.2, 0) is 0 Å². The number of rotatable bonds is 5. The van der Waals surface area contributed by atoms with Gasteiger partial charge in [0, 0.05) is 16.6 Å². The van der Waals surface area contributed by atoms with Crippen molar-refractivity contribution in [3.63, 3.8) is 0 Å². The van der Waals surface area contributed by atoms with Crippen LogP contribution in [0.4, 0.5) is 0 Å². The van der Waals surface area contributed by atoms with Crippen molar-refractivity contribution in [2.45, 2.75) is 26.3 Å². The zero-order valence-electron chi connectivity index (χ0n) is 11.0. The van der Waals surface area contributed by atoms with Gasteiger partial charge in [-0.1, -0.05) is 30.7 Å². The Balaban J connectivity index is 2.25. The number of hydrogen-bond acceptors (Lipinski definition) is 2. The molecule has 1 heterocycles. The molecule has 0 fully saturated rings. The first-order valence-corrected chi connectivity index (χ1v) is 7.56. The second kappa shape index (κ2) is 6.60. The van der Waals surface area contributed by atoms with Crippen molar-refractivity contribution in [1.29, 1.82) is 0 Å². The Kier molecular flexibility index (Phi) is 5.08. The number of furan rings is 1. The summed E-state index contributed by atoms with van der Waals surface area (Å²) in [5, 5.41) is 4.20. The Hall–Kier alpha value is -0.770. The molecule has 1 N–H and O–H groups in total. The molecule has 1 unspecified atom stereocenters. The average molecular weight is 343 g/mol. The molecule has 0 saturated heterocycles. The zero-order valence-corrected chi connectivity index (χ0v) is 13.4. The minimum Gasteiger partial charge on any atom is -0.463 e. The summed E-state index contributed by atoms with van der Waals surface area (Å²) in [7, 11) is 0. The zero-order chi connectivity index (χ0) is 13.8. The van der Waals surface area contributed by atoms with Crippen molar-refractivity contribution < 1.29 is 4.42 Å². The fraction of sp³-hybridized carbons (Fsp3) is 0.333. The van der Waals surface area contributed by atoms with Gasteiger partial charge in [-0.2, -0.15) is 0 Å². The molecule has 0 aliphatic rings. The minimum absolute atomic E-state index is 0.251. The van der Waals surface area contributed by atoms with Crippen molar-refractivity contribution in [2.75, 3.05) is 6.54 Å². The number of benzene rings is 1. The van der Waals surface area contributed by atoms with Crippen LogP contribution >= 0.6 is 27.5 Å². The molecule has 4 heteroatoms. The van der Waals surface area contributed by atoms with Gasteiger partial charge in [-0.3, -0.25) is 0 Å². The summed E-state index contributed by atoms with van der Waals surface area (Å²) in [6, 6.07) is 8.17. The third kappa shape index (κ3) is 3.41. The summed E-state index contributed by atoms with van der Waals surface area (Å²) in [5.41, 5.74) is 2.09. The molecule has 102 valence electrons. The molecule has 0 spiro atoms. The van der Waals surface area contributed by atoms with Gasteiger partial charge in [-0.15, -0.1) is 0 Å². The van der Waals surface area contributed by atoms with Crippen molar-refractivity contribution in [1.82, 2.24) is 5.32 Å². The van der Waals surface area contributed by atoms with Crippen LogP contribution in [0.1, 0.15) is 31.9 Å². The lowest BCUT2D eigenvalue weighted by molar-refractivity contribution is 0.570. The second-order valence-corrected chi connectivity index (χ2v) is 5.77. The monoisotopic (exact) mass is 341 g/mol. The largest absolute Gasteiger partial charge is 0.463 e. The molecule has 0 bridgehead atoms. The average Bonchev–Trinajstić information content (AvgIpc) is 2.82. The third-order valence-electron chi connectivity index (χ3n) is 3.05. The van der Waals surface area contributed by atoms with Gasteiger partial charge in [-0.25, -0.2) is 0 Å². The fourth-order valence-corrected chi connectivity index (χ4v) is 2.76. The van der Waals surface area contributed by atoms with E-state index in [-0.39, 0.29) is 6.04 Å². The van der Waals surface area contributed by atoms with Gasteiger partial charge in [0.05, 0.1) is 10.7 Å². The smallest absolute Gasteiger partial charge is 0.148 e. The SMILES string of the molecule is CCCNC(C)c1ccc(-c2occc2Br)cc1Cl. The third-order valence-corrected chi connectivity index (χ3v) is 4.00. The van der Waals surface area contributed by atoms with Crippen molar-refractivity contribution in [3.05, 3.63) is 45.6 Å². The van der Waals surface area contributed by atoms with Crippen LogP contribution in [0.2, 0.25) is 5.02 Å². The summed E-state index contributed by atoms with van der Waals surface area (Å²) in [6.45, 7) is 5.27. The van der Waals surface area contributed by atoms with Crippen LogP contribution in [0.5, 0.6) is 0 Å². The van der Waals surface area contributed by atoms with Crippen molar-refractivity contribution in [3.8, 4) is 11.3 Å². The highest BCUT2D eigenvalue weighted by atomic mass is 79.9. The topological polar surface area (TPSA) is 25.2 Å². The van der Waals surface area contributed by atoms with Gasteiger partial charge in [0.25, 0.3) is 0 Å². The van der Waals surface area contributed by atoms with E-state index < -0.39 is 0 Å². The Morgan fingerprint density at radius 3 is 2.74 bits per heavy atom. The molecule has 2 nitrogen and oxygen atoms in total. The Bertz CT molecular complexity index is 553. The molecule has 1 aromatic carbocycles. The maximum Gasteiger partial charge on any atom is 0.148 e. The first kappa shape index (κ1) is 14.6. The van der Waals surface area contributed by atoms with Crippen LogP contribution in [0.25, 0.3) is 11.3 Å². The molecule has 2 aromatic rings. The summed E-state index contributed by atoms with van der Waals surface area (Å²) >= 11 is 9.84. The molecule has 1 atom stereocenters. The minimum atomic E-state index is 0.251. The van der Waals surface area contributed by atoms with Gasteiger partial charge in [0.15, 0.2) is 0 Å². The van der Waals surface area contributed by atoms with E-state index in [9.17, 15) is 0 Å². The van der Waals surface area contributed by atoms with Crippen LogP contribution < -0.4 is 5.32 Å². The van der Waals surface area contributed by atoms with Gasteiger partial charge in [0.1, 0.15) is 5.76 Å². The van der Waals surface area contributed by atoms with E-state index in [2.05, 4.69) is 41.2 Å². The van der Waals surface area contributed by atoms with Gasteiger partial charge in [0.2, 0.25) is 0 Å². The summed E-state index contributed by atoms with van der Waals surface area (Å²) < 4.78 is 6.39. The molecular formula is C15H17BrClNO. The van der Waals surface area contributed by atoms with Crippen LogP contribution in [0, 0.1) is 0 Å². The predicted molar refractivity (Wildman–Crippen MR) is 83.6 cm³/mol. The lowest BCUT2D eigenvalue weighted by atomic mass is 10.0. The van der Waals surface area contributed by atoms with E-state index in [0.717, 1.165) is 39.3 Å². The number of hydrogen-bond donors (Lipinski definition) is 1. The van der Waals surface area contributed by atoms with E-state index in [1.54, 1.807) is 6.26 Å². The molecule has 2 rings (SSSR count). The normalized spacial score (nSPS) is 12.6. The molecule has 0 aliphatic heterocycles. The highest BCUT2D eigenvalue weighted by Gasteiger charge is 2.12. The molecule has 0 saturated carbocycles. The number of halogens is 2. The lowest BCUT2D eigenvalue weighted by Crippen LogP contribution is -2.19. The van der Waals surface area contributed by atoms with E-state index in [1.165, 1.54) is 0 Å². The second-order valence-electron chi connectivity index (χ2n) is 4.51. The van der Waals surface area contributed by atoms with Crippen molar-refractivity contribution >= 4 is 27.5 Å². The summed E-state index contributed by atoms with van der Waals surface area (Å²) in [6.07, 6.45) is 2.77. The lowest BCUT2D eigenvalue weighted by Gasteiger charge is -2.15. The van der Waals surface area contributed by atoms with Crippen LogP contribution in [-0.4, -0.2) is 6.54 Å². The maximum atomic E-state index is 6.38. The predicted octanol–water partition coefficient (Wildman–Crippen LogP) is 5.42. The Morgan fingerprint density at radius 2 is 2.16 bits per heavy atom. The first-order valence-electron chi connectivity index (χ1n) is 6.39. The molecule has 1 aromatic heterocycles. The van der Waals surface area contributed by atoms with Crippen LogP contribution in [0.15, 0.2) is 39.4 Å². The Morgan fingerprint density at radius 1 is 1.37 bits per heavy atom. The standard InChI is InChI=1S/C15H17BrClNO/c1-3-7-18-10(2)12-5-4-11(9-14(12)17)15-13(16)6-8-19-15/h4-6,8-10,18H,3,7H2,1-2H3. The van der Waals surface area contributed by atoms with Gasteiger partial charge in [-0.05, 0) is 53.5 Å². The highest BCUT2D eigenvalue weighted by Crippen LogP contribution is 2.33. The first-order chi connectivity index (χ1) is 9.13. The van der Waals surface area contributed by atoms with Gasteiger partial charge < -0.3 is 9.73 Å². The van der Waals surface area contributed by atoms with Gasteiger partial charge >= 0.3 is 0 Å². The molecule has 0 aliphatic carbocycles. The number of nitrogens with one attached hydrogen (secondary N) is 1. The van der Waals surface area contributed by atoms with E-state index in [0.29, 0.717) is 0 Å². The molecule has 0 amide bonds. The highest BCUT2D eigenvalue weighted by molar-refractivity contribution is 9.10. The summed E-state index contributed by atoms with van der Waals surface area (Å²) in [5.74, 6) is 0.808. The van der Waals surface area contributed by atoms with E-state index in [4.69, 9.17) is 16.0 Å².